The van der Waals surface area contributed by atoms with Gasteiger partial charge in [-0.05, 0) is 18.6 Å². The number of carbonyl (C=O) groups excluding carboxylic acids is 2. The Balaban J connectivity index is 2.37. The van der Waals surface area contributed by atoms with Crippen LogP contribution in [-0.2, 0) is 14.3 Å². The van der Waals surface area contributed by atoms with Crippen LogP contribution < -0.4 is 10.1 Å². The third-order valence-corrected chi connectivity index (χ3v) is 2.37. The summed E-state index contributed by atoms with van der Waals surface area (Å²) in [6, 6.07) is 7.11. The average molecular weight is 251 g/mol. The Morgan fingerprint density at radius 3 is 2.67 bits per heavy atom. The Bertz CT molecular complexity index is 417. The van der Waals surface area contributed by atoms with Crippen LogP contribution in [0.15, 0.2) is 24.3 Å². The molecular formula is C13H17NO4. The van der Waals surface area contributed by atoms with E-state index in [0.29, 0.717) is 17.9 Å². The zero-order valence-electron chi connectivity index (χ0n) is 10.6. The average Bonchev–Trinajstić information content (AvgIpc) is 2.38. The maximum absolute atomic E-state index is 11.6. The van der Waals surface area contributed by atoms with E-state index in [-0.39, 0.29) is 24.7 Å². The molecule has 0 radical (unpaired) electrons. The van der Waals surface area contributed by atoms with Gasteiger partial charge in [0.15, 0.2) is 0 Å². The summed E-state index contributed by atoms with van der Waals surface area (Å²) < 4.78 is 9.54. The van der Waals surface area contributed by atoms with Gasteiger partial charge >= 0.3 is 5.97 Å². The largest absolute Gasteiger partial charge is 0.497 e. The maximum Gasteiger partial charge on any atom is 0.305 e. The first kappa shape index (κ1) is 14.0. The first-order valence-electron chi connectivity index (χ1n) is 5.66. The molecule has 0 bridgehead atoms. The molecule has 98 valence electrons. The highest BCUT2D eigenvalue weighted by Crippen LogP contribution is 2.16. The van der Waals surface area contributed by atoms with Gasteiger partial charge in [-0.2, -0.15) is 0 Å². The molecule has 1 rings (SSSR count). The molecule has 0 saturated carbocycles. The molecule has 1 aromatic rings. The van der Waals surface area contributed by atoms with Gasteiger partial charge in [-0.25, -0.2) is 0 Å². The molecule has 0 aliphatic heterocycles. The Hall–Kier alpha value is -2.04. The molecule has 5 heteroatoms. The van der Waals surface area contributed by atoms with E-state index in [2.05, 4.69) is 10.1 Å². The Morgan fingerprint density at radius 1 is 1.22 bits per heavy atom. The molecule has 0 spiro atoms. The third kappa shape index (κ3) is 4.86. The van der Waals surface area contributed by atoms with Crippen molar-refractivity contribution in [3.63, 3.8) is 0 Å². The van der Waals surface area contributed by atoms with Crippen molar-refractivity contribution in [1.82, 2.24) is 0 Å². The van der Waals surface area contributed by atoms with E-state index in [1.54, 1.807) is 31.4 Å². The van der Waals surface area contributed by atoms with E-state index in [0.717, 1.165) is 0 Å². The minimum atomic E-state index is -0.302. The fourth-order valence-electron chi connectivity index (χ4n) is 1.42. The molecule has 0 saturated heterocycles. The highest BCUT2D eigenvalue weighted by molar-refractivity contribution is 5.91. The van der Waals surface area contributed by atoms with Crippen LogP contribution in [0.3, 0.4) is 0 Å². The molecule has 0 atom stereocenters. The maximum atomic E-state index is 11.6. The summed E-state index contributed by atoms with van der Waals surface area (Å²) in [5.74, 6) is 0.249. The van der Waals surface area contributed by atoms with Gasteiger partial charge in [-0.3, -0.25) is 9.59 Å². The van der Waals surface area contributed by atoms with Crippen LogP contribution in [0.25, 0.3) is 0 Å². The first-order chi connectivity index (χ1) is 8.65. The van der Waals surface area contributed by atoms with E-state index in [1.165, 1.54) is 7.11 Å². The number of rotatable bonds is 6. The molecule has 0 fully saturated rings. The minimum Gasteiger partial charge on any atom is -0.497 e. The lowest BCUT2D eigenvalue weighted by molar-refractivity contribution is -0.140. The molecule has 1 aromatic carbocycles. The van der Waals surface area contributed by atoms with Crippen molar-refractivity contribution in [3.05, 3.63) is 24.3 Å². The van der Waals surface area contributed by atoms with Gasteiger partial charge in [0.1, 0.15) is 5.75 Å². The van der Waals surface area contributed by atoms with Crippen molar-refractivity contribution in [3.8, 4) is 5.75 Å². The van der Waals surface area contributed by atoms with Crippen molar-refractivity contribution in [2.45, 2.75) is 19.3 Å². The topological polar surface area (TPSA) is 64.6 Å². The predicted molar refractivity (Wildman–Crippen MR) is 67.5 cm³/mol. The Labute approximate surface area is 106 Å². The number of ether oxygens (including phenoxy) is 2. The van der Waals surface area contributed by atoms with E-state index in [9.17, 15) is 9.59 Å². The summed E-state index contributed by atoms with van der Waals surface area (Å²) in [4.78, 5) is 22.4. The monoisotopic (exact) mass is 251 g/mol. The van der Waals surface area contributed by atoms with Crippen LogP contribution in [-0.4, -0.2) is 26.1 Å². The number of anilines is 1. The number of benzene rings is 1. The highest BCUT2D eigenvalue weighted by Gasteiger charge is 2.05. The molecule has 1 amide bonds. The predicted octanol–water partition coefficient (Wildman–Crippen LogP) is 1.98. The van der Waals surface area contributed by atoms with Crippen molar-refractivity contribution in [2.75, 3.05) is 19.5 Å². The number of hydrogen-bond donors (Lipinski definition) is 1. The molecule has 0 unspecified atom stereocenters. The van der Waals surface area contributed by atoms with Crippen molar-refractivity contribution < 1.29 is 19.1 Å². The molecular weight excluding hydrogens is 234 g/mol. The number of nitrogens with one attached hydrogen (secondary N) is 1. The van der Waals surface area contributed by atoms with Crippen LogP contribution in [0.4, 0.5) is 5.69 Å². The van der Waals surface area contributed by atoms with Gasteiger partial charge in [0.25, 0.3) is 0 Å². The number of amides is 1. The zero-order valence-corrected chi connectivity index (χ0v) is 10.6. The second-order valence-corrected chi connectivity index (χ2v) is 3.71. The third-order valence-electron chi connectivity index (χ3n) is 2.37. The van der Waals surface area contributed by atoms with E-state index in [4.69, 9.17) is 4.74 Å². The molecule has 0 heterocycles. The van der Waals surface area contributed by atoms with Gasteiger partial charge in [0.2, 0.25) is 5.91 Å². The Kier molecular flexibility index (Phi) is 5.70. The molecule has 1 N–H and O–H groups in total. The quantitative estimate of drug-likeness (QED) is 0.785. The fourth-order valence-corrected chi connectivity index (χ4v) is 1.42. The first-order valence-corrected chi connectivity index (χ1v) is 5.66. The van der Waals surface area contributed by atoms with Crippen molar-refractivity contribution in [2.24, 2.45) is 0 Å². The zero-order chi connectivity index (χ0) is 13.4. The van der Waals surface area contributed by atoms with Gasteiger partial charge in [-0.1, -0.05) is 6.07 Å². The Morgan fingerprint density at radius 2 is 2.00 bits per heavy atom. The number of carbonyl (C=O) groups is 2. The fraction of sp³-hybridized carbons (Fsp3) is 0.385. The summed E-state index contributed by atoms with van der Waals surface area (Å²) in [5, 5.41) is 2.74. The van der Waals surface area contributed by atoms with Crippen LogP contribution in [0.2, 0.25) is 0 Å². The summed E-state index contributed by atoms with van der Waals surface area (Å²) in [6.07, 6.45) is 1.01. The molecule has 0 aliphatic carbocycles. The van der Waals surface area contributed by atoms with Crippen LogP contribution in [0.1, 0.15) is 19.3 Å². The lowest BCUT2D eigenvalue weighted by atomic mass is 10.2. The van der Waals surface area contributed by atoms with Crippen LogP contribution >= 0.6 is 0 Å². The molecule has 0 aliphatic rings. The highest BCUT2D eigenvalue weighted by atomic mass is 16.5. The number of esters is 1. The summed E-state index contributed by atoms with van der Waals surface area (Å²) in [7, 11) is 2.90. The number of methoxy groups -OCH3 is 2. The normalized spacial score (nSPS) is 9.67. The summed E-state index contributed by atoms with van der Waals surface area (Å²) in [5.41, 5.74) is 0.678. The molecule has 18 heavy (non-hydrogen) atoms. The second-order valence-electron chi connectivity index (χ2n) is 3.71. The van der Waals surface area contributed by atoms with Crippen LogP contribution in [0, 0.1) is 0 Å². The molecule has 0 aromatic heterocycles. The minimum absolute atomic E-state index is 0.132. The second kappa shape index (κ2) is 7.32. The molecule has 5 nitrogen and oxygen atoms in total. The summed E-state index contributed by atoms with van der Waals surface area (Å²) >= 11 is 0. The summed E-state index contributed by atoms with van der Waals surface area (Å²) in [6.45, 7) is 0. The lowest BCUT2D eigenvalue weighted by Crippen LogP contribution is -2.12. The van der Waals surface area contributed by atoms with Crippen molar-refractivity contribution >= 4 is 17.6 Å². The van der Waals surface area contributed by atoms with Crippen LogP contribution in [0.5, 0.6) is 5.75 Å². The standard InChI is InChI=1S/C13H17NO4/c1-17-11-6-3-5-10(9-11)14-12(15)7-4-8-13(16)18-2/h3,5-6,9H,4,7-8H2,1-2H3,(H,14,15). The van der Waals surface area contributed by atoms with Gasteiger partial charge in [0.05, 0.1) is 14.2 Å². The van der Waals surface area contributed by atoms with E-state index < -0.39 is 0 Å². The van der Waals surface area contributed by atoms with Gasteiger partial charge in [0, 0.05) is 24.6 Å². The van der Waals surface area contributed by atoms with Gasteiger partial charge < -0.3 is 14.8 Å². The lowest BCUT2D eigenvalue weighted by Gasteiger charge is -2.06. The van der Waals surface area contributed by atoms with E-state index in [1.807, 2.05) is 0 Å². The van der Waals surface area contributed by atoms with Crippen molar-refractivity contribution in [1.29, 1.82) is 0 Å². The smallest absolute Gasteiger partial charge is 0.305 e. The van der Waals surface area contributed by atoms with Gasteiger partial charge in [-0.15, -0.1) is 0 Å². The van der Waals surface area contributed by atoms with E-state index >= 15 is 0 Å². The number of hydrogen-bond acceptors (Lipinski definition) is 4. The SMILES string of the molecule is COC(=O)CCCC(=O)Nc1cccc(OC)c1.